The Hall–Kier alpha value is -3.00. The number of benzene rings is 1. The van der Waals surface area contributed by atoms with Gasteiger partial charge in [-0.15, -0.1) is 0 Å². The Morgan fingerprint density at radius 1 is 1.12 bits per heavy atom. The van der Waals surface area contributed by atoms with Crippen molar-refractivity contribution in [1.82, 2.24) is 9.97 Å². The van der Waals surface area contributed by atoms with Crippen LogP contribution in [-0.2, 0) is 9.53 Å². The average molecular weight is 357 g/mol. The standard InChI is InChI=1S/C18H23N5O3/c1-12-10-16(23-18(20-12)19-8-5-9-26-3)17(25)22-15-7-4-6-14(11-15)21-13(2)24/h4,6-7,10-11H,5,8-9H2,1-3H3,(H,21,24)(H,22,25)(H,19,20,23). The van der Waals surface area contributed by atoms with Crippen LogP contribution in [0.4, 0.5) is 17.3 Å². The number of hydrogen-bond donors (Lipinski definition) is 3. The second-order valence-electron chi connectivity index (χ2n) is 5.71. The van der Waals surface area contributed by atoms with Gasteiger partial charge in [-0.25, -0.2) is 9.97 Å². The van der Waals surface area contributed by atoms with Crippen LogP contribution in [0.15, 0.2) is 30.3 Å². The van der Waals surface area contributed by atoms with E-state index in [1.54, 1.807) is 44.4 Å². The van der Waals surface area contributed by atoms with Gasteiger partial charge in [0, 0.05) is 44.3 Å². The monoisotopic (exact) mass is 357 g/mol. The number of rotatable bonds is 8. The predicted octanol–water partition coefficient (Wildman–Crippen LogP) is 2.44. The Kier molecular flexibility index (Phi) is 7.04. The summed E-state index contributed by atoms with van der Waals surface area (Å²) in [4.78, 5) is 32.2. The van der Waals surface area contributed by atoms with Gasteiger partial charge in [0.05, 0.1) is 0 Å². The molecule has 0 aliphatic carbocycles. The van der Waals surface area contributed by atoms with Crippen molar-refractivity contribution in [2.24, 2.45) is 0 Å². The van der Waals surface area contributed by atoms with Gasteiger partial charge < -0.3 is 20.7 Å². The molecule has 0 aliphatic heterocycles. The van der Waals surface area contributed by atoms with Gasteiger partial charge in [0.2, 0.25) is 11.9 Å². The van der Waals surface area contributed by atoms with Crippen LogP contribution in [-0.4, -0.2) is 42.0 Å². The minimum Gasteiger partial charge on any atom is -0.385 e. The molecule has 2 amide bonds. The van der Waals surface area contributed by atoms with Gasteiger partial charge in [-0.2, -0.15) is 0 Å². The van der Waals surface area contributed by atoms with Crippen molar-refractivity contribution in [3.63, 3.8) is 0 Å². The lowest BCUT2D eigenvalue weighted by atomic mass is 10.2. The summed E-state index contributed by atoms with van der Waals surface area (Å²) in [6, 6.07) is 8.52. The molecule has 1 aromatic carbocycles. The first kappa shape index (κ1) is 19.3. The Labute approximate surface area is 152 Å². The Morgan fingerprint density at radius 3 is 2.54 bits per heavy atom. The Bertz CT molecular complexity index is 779. The maximum absolute atomic E-state index is 12.5. The zero-order valence-corrected chi connectivity index (χ0v) is 15.1. The summed E-state index contributed by atoms with van der Waals surface area (Å²) in [6.07, 6.45) is 0.811. The van der Waals surface area contributed by atoms with Crippen molar-refractivity contribution in [2.75, 3.05) is 36.2 Å². The van der Waals surface area contributed by atoms with Gasteiger partial charge in [0.25, 0.3) is 5.91 Å². The fourth-order valence-electron chi connectivity index (χ4n) is 2.25. The smallest absolute Gasteiger partial charge is 0.274 e. The molecule has 0 saturated heterocycles. The first-order chi connectivity index (χ1) is 12.5. The fraction of sp³-hybridized carbons (Fsp3) is 0.333. The lowest BCUT2D eigenvalue weighted by molar-refractivity contribution is -0.114. The molecular formula is C18H23N5O3. The van der Waals surface area contributed by atoms with E-state index in [1.165, 1.54) is 6.92 Å². The van der Waals surface area contributed by atoms with Crippen molar-refractivity contribution < 1.29 is 14.3 Å². The lowest BCUT2D eigenvalue weighted by Gasteiger charge is -2.10. The van der Waals surface area contributed by atoms with Crippen molar-refractivity contribution in [1.29, 1.82) is 0 Å². The average Bonchev–Trinajstić information content (AvgIpc) is 2.58. The molecule has 26 heavy (non-hydrogen) atoms. The first-order valence-electron chi connectivity index (χ1n) is 8.25. The van der Waals surface area contributed by atoms with Crippen LogP contribution in [0.25, 0.3) is 0 Å². The van der Waals surface area contributed by atoms with E-state index in [-0.39, 0.29) is 17.5 Å². The molecule has 0 bridgehead atoms. The van der Waals surface area contributed by atoms with Gasteiger partial charge in [-0.1, -0.05) is 6.07 Å². The Balaban J connectivity index is 2.07. The third-order valence-corrected chi connectivity index (χ3v) is 3.34. The molecule has 0 radical (unpaired) electrons. The minimum absolute atomic E-state index is 0.177. The van der Waals surface area contributed by atoms with E-state index in [0.717, 1.165) is 6.42 Å². The number of nitrogens with zero attached hydrogens (tertiary/aromatic N) is 2. The van der Waals surface area contributed by atoms with E-state index in [1.807, 2.05) is 0 Å². The number of nitrogens with one attached hydrogen (secondary N) is 3. The van der Waals surface area contributed by atoms with Crippen molar-refractivity contribution >= 4 is 29.1 Å². The van der Waals surface area contributed by atoms with Gasteiger partial charge in [0.15, 0.2) is 0 Å². The molecule has 1 aromatic heterocycles. The zero-order chi connectivity index (χ0) is 18.9. The number of aromatic nitrogens is 2. The molecule has 8 heteroatoms. The maximum atomic E-state index is 12.5. The van der Waals surface area contributed by atoms with Crippen molar-refractivity contribution in [2.45, 2.75) is 20.3 Å². The summed E-state index contributed by atoms with van der Waals surface area (Å²) in [5.74, 6) is -0.127. The SMILES string of the molecule is COCCCNc1nc(C)cc(C(=O)Nc2cccc(NC(C)=O)c2)n1. The third kappa shape index (κ3) is 6.14. The summed E-state index contributed by atoms with van der Waals surface area (Å²) in [5, 5.41) is 8.53. The van der Waals surface area contributed by atoms with Crippen molar-refractivity contribution in [3.8, 4) is 0 Å². The van der Waals surface area contributed by atoms with E-state index >= 15 is 0 Å². The van der Waals surface area contributed by atoms with E-state index in [2.05, 4.69) is 25.9 Å². The number of carbonyl (C=O) groups excluding carboxylic acids is 2. The highest BCUT2D eigenvalue weighted by molar-refractivity contribution is 6.03. The largest absolute Gasteiger partial charge is 0.385 e. The summed E-state index contributed by atoms with van der Waals surface area (Å²) in [5.41, 5.74) is 2.12. The second-order valence-corrected chi connectivity index (χ2v) is 5.71. The van der Waals surface area contributed by atoms with Gasteiger partial charge in [-0.05, 0) is 37.6 Å². The van der Waals surface area contributed by atoms with Gasteiger partial charge in [0.1, 0.15) is 5.69 Å². The summed E-state index contributed by atoms with van der Waals surface area (Å²) < 4.78 is 4.99. The highest BCUT2D eigenvalue weighted by Gasteiger charge is 2.11. The van der Waals surface area contributed by atoms with E-state index < -0.39 is 0 Å². The summed E-state index contributed by atoms with van der Waals surface area (Å²) in [7, 11) is 1.65. The number of methoxy groups -OCH3 is 1. The summed E-state index contributed by atoms with van der Waals surface area (Å²) >= 11 is 0. The molecule has 0 fully saturated rings. The van der Waals surface area contributed by atoms with Crippen LogP contribution in [0, 0.1) is 6.92 Å². The molecule has 138 valence electrons. The van der Waals surface area contributed by atoms with E-state index in [9.17, 15) is 9.59 Å². The van der Waals surface area contributed by atoms with E-state index in [4.69, 9.17) is 4.74 Å². The van der Waals surface area contributed by atoms with Crippen LogP contribution >= 0.6 is 0 Å². The molecule has 1 heterocycles. The number of anilines is 3. The highest BCUT2D eigenvalue weighted by atomic mass is 16.5. The molecule has 3 N–H and O–H groups in total. The molecule has 0 aliphatic rings. The molecule has 2 rings (SSSR count). The molecule has 0 spiro atoms. The quantitative estimate of drug-likeness (QED) is 0.627. The third-order valence-electron chi connectivity index (χ3n) is 3.34. The topological polar surface area (TPSA) is 105 Å². The first-order valence-corrected chi connectivity index (χ1v) is 8.25. The molecular weight excluding hydrogens is 334 g/mol. The fourth-order valence-corrected chi connectivity index (χ4v) is 2.25. The zero-order valence-electron chi connectivity index (χ0n) is 15.1. The van der Waals surface area contributed by atoms with Crippen LogP contribution in [0.5, 0.6) is 0 Å². The van der Waals surface area contributed by atoms with Gasteiger partial charge in [-0.3, -0.25) is 9.59 Å². The van der Waals surface area contributed by atoms with Gasteiger partial charge >= 0.3 is 0 Å². The van der Waals surface area contributed by atoms with Crippen LogP contribution in [0.2, 0.25) is 0 Å². The number of carbonyl (C=O) groups is 2. The number of aryl methyl sites for hydroxylation is 1. The summed E-state index contributed by atoms with van der Waals surface area (Å²) in [6.45, 7) is 4.51. The highest BCUT2D eigenvalue weighted by Crippen LogP contribution is 2.16. The van der Waals surface area contributed by atoms with Crippen LogP contribution < -0.4 is 16.0 Å². The van der Waals surface area contributed by atoms with E-state index in [0.29, 0.717) is 36.2 Å². The van der Waals surface area contributed by atoms with Crippen molar-refractivity contribution in [3.05, 3.63) is 41.7 Å². The molecule has 2 aromatic rings. The number of amides is 2. The number of hydrogen-bond acceptors (Lipinski definition) is 6. The number of ether oxygens (including phenoxy) is 1. The minimum atomic E-state index is -0.351. The lowest BCUT2D eigenvalue weighted by Crippen LogP contribution is -2.17. The molecule has 0 atom stereocenters. The Morgan fingerprint density at radius 2 is 1.85 bits per heavy atom. The second kappa shape index (κ2) is 9.47. The molecule has 0 saturated carbocycles. The predicted molar refractivity (Wildman–Crippen MR) is 100 cm³/mol. The maximum Gasteiger partial charge on any atom is 0.274 e. The van der Waals surface area contributed by atoms with Crippen LogP contribution in [0.1, 0.15) is 29.5 Å². The van der Waals surface area contributed by atoms with Crippen LogP contribution in [0.3, 0.4) is 0 Å². The molecule has 0 unspecified atom stereocenters. The normalized spacial score (nSPS) is 10.3. The molecule has 8 nitrogen and oxygen atoms in total.